The highest BCUT2D eigenvalue weighted by atomic mass is 19.1. The highest BCUT2D eigenvalue weighted by molar-refractivity contribution is 5.89. The summed E-state index contributed by atoms with van der Waals surface area (Å²) in [6.45, 7) is 1.13. The maximum atomic E-state index is 13.1. The quantitative estimate of drug-likeness (QED) is 0.577. The van der Waals surface area contributed by atoms with Crippen LogP contribution in [0.25, 0.3) is 0 Å². The zero-order valence-electron chi connectivity index (χ0n) is 8.73. The molecule has 86 valence electrons. The summed E-state index contributed by atoms with van der Waals surface area (Å²) in [6.07, 6.45) is 0. The normalized spacial score (nSPS) is 9.62. The van der Waals surface area contributed by atoms with Crippen molar-refractivity contribution < 1.29 is 23.5 Å². The van der Waals surface area contributed by atoms with Crippen molar-refractivity contribution in [3.63, 3.8) is 0 Å². The molecule has 0 amide bonds. The fourth-order valence-corrected chi connectivity index (χ4v) is 1.02. The van der Waals surface area contributed by atoms with Gasteiger partial charge in [-0.05, 0) is 12.1 Å². The number of carbonyl (C=O) groups excluding carboxylic acids is 2. The van der Waals surface area contributed by atoms with Gasteiger partial charge in [0.2, 0.25) is 0 Å². The number of rotatable bonds is 4. The summed E-state index contributed by atoms with van der Waals surface area (Å²) >= 11 is 0. The largest absolute Gasteiger partial charge is 0.462 e. The molecule has 16 heavy (non-hydrogen) atoms. The van der Waals surface area contributed by atoms with Crippen LogP contribution in [0, 0.1) is 5.82 Å². The molecule has 0 bridgehead atoms. The first-order valence-corrected chi connectivity index (χ1v) is 4.66. The van der Waals surface area contributed by atoms with Gasteiger partial charge in [0.1, 0.15) is 19.0 Å². The van der Waals surface area contributed by atoms with Gasteiger partial charge in [0.15, 0.2) is 0 Å². The van der Waals surface area contributed by atoms with Gasteiger partial charge in [0.05, 0.1) is 5.56 Å². The molecular formula is C11H11FO4. The topological polar surface area (TPSA) is 52.6 Å². The van der Waals surface area contributed by atoms with E-state index in [2.05, 4.69) is 4.74 Å². The lowest BCUT2D eigenvalue weighted by Gasteiger charge is -2.05. The zero-order chi connectivity index (χ0) is 12.0. The molecule has 0 aliphatic carbocycles. The van der Waals surface area contributed by atoms with Gasteiger partial charge < -0.3 is 9.47 Å². The minimum atomic E-state index is -0.773. The Morgan fingerprint density at radius 1 is 1.19 bits per heavy atom. The Bertz CT molecular complexity index is 389. The minimum Gasteiger partial charge on any atom is -0.462 e. The van der Waals surface area contributed by atoms with Crippen molar-refractivity contribution in [1.29, 1.82) is 0 Å². The lowest BCUT2D eigenvalue weighted by Crippen LogP contribution is -2.13. The summed E-state index contributed by atoms with van der Waals surface area (Å²) in [5, 5.41) is 0. The third kappa shape index (κ3) is 3.68. The molecule has 0 radical (unpaired) electrons. The van der Waals surface area contributed by atoms with E-state index in [1.165, 1.54) is 31.2 Å². The van der Waals surface area contributed by atoms with Gasteiger partial charge in [0, 0.05) is 6.92 Å². The van der Waals surface area contributed by atoms with Gasteiger partial charge in [-0.1, -0.05) is 12.1 Å². The number of esters is 2. The minimum absolute atomic E-state index is 0.0322. The molecule has 1 rings (SSSR count). The Labute approximate surface area is 92.0 Å². The molecule has 0 spiro atoms. The maximum Gasteiger partial charge on any atom is 0.341 e. The lowest BCUT2D eigenvalue weighted by atomic mass is 10.2. The van der Waals surface area contributed by atoms with E-state index in [-0.39, 0.29) is 18.8 Å². The van der Waals surface area contributed by atoms with Crippen molar-refractivity contribution in [2.45, 2.75) is 6.92 Å². The summed E-state index contributed by atoms with van der Waals surface area (Å²) < 4.78 is 22.3. The van der Waals surface area contributed by atoms with Crippen LogP contribution in [0.1, 0.15) is 17.3 Å². The standard InChI is InChI=1S/C11H11FO4/c1-8(13)15-6-7-16-11(14)9-4-2-3-5-10(9)12/h2-5H,6-7H2,1H3. The second-order valence-corrected chi connectivity index (χ2v) is 2.96. The Hall–Kier alpha value is -1.91. The Morgan fingerprint density at radius 3 is 2.44 bits per heavy atom. The van der Waals surface area contributed by atoms with Crippen molar-refractivity contribution in [2.75, 3.05) is 13.2 Å². The Balaban J connectivity index is 2.41. The van der Waals surface area contributed by atoms with E-state index in [1.54, 1.807) is 0 Å². The van der Waals surface area contributed by atoms with Crippen LogP contribution >= 0.6 is 0 Å². The molecule has 0 aromatic heterocycles. The lowest BCUT2D eigenvalue weighted by molar-refractivity contribution is -0.142. The third-order valence-corrected chi connectivity index (χ3v) is 1.72. The number of benzene rings is 1. The summed E-state index contributed by atoms with van der Waals surface area (Å²) in [4.78, 5) is 21.7. The van der Waals surface area contributed by atoms with Crippen LogP contribution in [0.15, 0.2) is 24.3 Å². The van der Waals surface area contributed by atoms with Gasteiger partial charge in [-0.3, -0.25) is 4.79 Å². The maximum absolute atomic E-state index is 13.1. The molecule has 0 aliphatic heterocycles. The summed E-state index contributed by atoms with van der Waals surface area (Å²) in [5.74, 6) is -1.87. The van der Waals surface area contributed by atoms with Gasteiger partial charge in [0.25, 0.3) is 0 Å². The molecular weight excluding hydrogens is 215 g/mol. The molecule has 0 heterocycles. The van der Waals surface area contributed by atoms with Crippen LogP contribution in [0.4, 0.5) is 4.39 Å². The molecule has 0 N–H and O–H groups in total. The van der Waals surface area contributed by atoms with Crippen LogP contribution in [0.2, 0.25) is 0 Å². The van der Waals surface area contributed by atoms with Crippen molar-refractivity contribution in [3.8, 4) is 0 Å². The summed E-state index contributed by atoms with van der Waals surface area (Å²) in [5.41, 5.74) is -0.134. The number of ether oxygens (including phenoxy) is 2. The molecule has 0 saturated carbocycles. The molecule has 0 aliphatic rings. The van der Waals surface area contributed by atoms with E-state index in [1.807, 2.05) is 0 Å². The van der Waals surface area contributed by atoms with E-state index in [0.717, 1.165) is 0 Å². The fraction of sp³-hybridized carbons (Fsp3) is 0.273. The van der Waals surface area contributed by atoms with Gasteiger partial charge >= 0.3 is 11.9 Å². The smallest absolute Gasteiger partial charge is 0.341 e. The van der Waals surface area contributed by atoms with Crippen LogP contribution in [0.3, 0.4) is 0 Å². The summed E-state index contributed by atoms with van der Waals surface area (Å²) in [7, 11) is 0. The predicted molar refractivity (Wildman–Crippen MR) is 53.3 cm³/mol. The molecule has 0 saturated heterocycles. The summed E-state index contributed by atoms with van der Waals surface area (Å²) in [6, 6.07) is 5.50. The first kappa shape index (κ1) is 12.2. The van der Waals surface area contributed by atoms with Crippen LogP contribution < -0.4 is 0 Å². The fourth-order valence-electron chi connectivity index (χ4n) is 1.02. The second kappa shape index (κ2) is 5.85. The Kier molecular flexibility index (Phi) is 4.44. The first-order valence-electron chi connectivity index (χ1n) is 4.66. The van der Waals surface area contributed by atoms with E-state index < -0.39 is 17.8 Å². The van der Waals surface area contributed by atoms with Crippen molar-refractivity contribution in [1.82, 2.24) is 0 Å². The monoisotopic (exact) mass is 226 g/mol. The van der Waals surface area contributed by atoms with E-state index in [0.29, 0.717) is 0 Å². The predicted octanol–water partition coefficient (Wildman–Crippen LogP) is 1.55. The van der Waals surface area contributed by atoms with E-state index in [9.17, 15) is 14.0 Å². The van der Waals surface area contributed by atoms with Crippen molar-refractivity contribution in [2.24, 2.45) is 0 Å². The SMILES string of the molecule is CC(=O)OCCOC(=O)c1ccccc1F. The molecule has 5 heteroatoms. The molecule has 1 aromatic carbocycles. The van der Waals surface area contributed by atoms with Crippen molar-refractivity contribution >= 4 is 11.9 Å². The first-order chi connectivity index (χ1) is 7.61. The van der Waals surface area contributed by atoms with Gasteiger partial charge in [-0.2, -0.15) is 0 Å². The third-order valence-electron chi connectivity index (χ3n) is 1.72. The number of hydrogen-bond donors (Lipinski definition) is 0. The molecule has 0 unspecified atom stereocenters. The van der Waals surface area contributed by atoms with Gasteiger partial charge in [-0.25, -0.2) is 9.18 Å². The zero-order valence-corrected chi connectivity index (χ0v) is 8.73. The number of carbonyl (C=O) groups is 2. The molecule has 4 nitrogen and oxygen atoms in total. The van der Waals surface area contributed by atoms with Crippen molar-refractivity contribution in [3.05, 3.63) is 35.6 Å². The van der Waals surface area contributed by atoms with Gasteiger partial charge in [-0.15, -0.1) is 0 Å². The molecule has 0 fully saturated rings. The van der Waals surface area contributed by atoms with Crippen LogP contribution in [-0.2, 0) is 14.3 Å². The molecule has 1 aromatic rings. The number of halogens is 1. The van der Waals surface area contributed by atoms with E-state index >= 15 is 0 Å². The average Bonchev–Trinajstić information content (AvgIpc) is 2.24. The average molecular weight is 226 g/mol. The highest BCUT2D eigenvalue weighted by Crippen LogP contribution is 2.07. The second-order valence-electron chi connectivity index (χ2n) is 2.96. The van der Waals surface area contributed by atoms with Crippen LogP contribution in [-0.4, -0.2) is 25.2 Å². The molecule has 0 atom stereocenters. The van der Waals surface area contributed by atoms with E-state index in [4.69, 9.17) is 4.74 Å². The number of hydrogen-bond acceptors (Lipinski definition) is 4. The van der Waals surface area contributed by atoms with Crippen LogP contribution in [0.5, 0.6) is 0 Å². The highest BCUT2D eigenvalue weighted by Gasteiger charge is 2.11. The Morgan fingerprint density at radius 2 is 1.81 bits per heavy atom.